The first-order valence-corrected chi connectivity index (χ1v) is 7.38. The average Bonchev–Trinajstić information content (AvgIpc) is 2.52. The lowest BCUT2D eigenvalue weighted by Gasteiger charge is -2.31. The first-order valence-electron chi connectivity index (χ1n) is 7.38. The fraction of sp³-hybridized carbons (Fsp3) is 0.278. The number of hydrogen-bond donors (Lipinski definition) is 0. The number of halogens is 3. The van der Waals surface area contributed by atoms with Crippen LogP contribution in [0.2, 0.25) is 0 Å². The number of rotatable bonds is 2. The number of nitrogens with zero attached hydrogens (tertiary/aromatic N) is 1. The number of amides is 1. The highest BCUT2D eigenvalue weighted by molar-refractivity contribution is 5.96. The second-order valence-corrected chi connectivity index (χ2v) is 5.81. The molecule has 0 bridgehead atoms. The fourth-order valence-corrected chi connectivity index (χ4v) is 3.03. The van der Waals surface area contributed by atoms with E-state index < -0.39 is 11.7 Å². The topological polar surface area (TPSA) is 20.3 Å². The van der Waals surface area contributed by atoms with Gasteiger partial charge in [0.25, 0.3) is 0 Å². The van der Waals surface area contributed by atoms with Gasteiger partial charge in [-0.25, -0.2) is 0 Å². The van der Waals surface area contributed by atoms with Crippen molar-refractivity contribution in [2.24, 2.45) is 0 Å². The summed E-state index contributed by atoms with van der Waals surface area (Å²) in [5.41, 5.74) is 2.09. The molecule has 0 N–H and O–H groups in total. The van der Waals surface area contributed by atoms with E-state index in [1.807, 2.05) is 24.3 Å². The normalized spacial score (nSPS) is 18.0. The number of carbonyl (C=O) groups is 1. The van der Waals surface area contributed by atoms with Crippen molar-refractivity contribution in [3.63, 3.8) is 0 Å². The monoisotopic (exact) mass is 319 g/mol. The van der Waals surface area contributed by atoms with Gasteiger partial charge in [0.15, 0.2) is 0 Å². The van der Waals surface area contributed by atoms with E-state index in [9.17, 15) is 18.0 Å². The van der Waals surface area contributed by atoms with E-state index in [0.717, 1.165) is 28.9 Å². The molecule has 0 fully saturated rings. The van der Waals surface area contributed by atoms with Gasteiger partial charge < -0.3 is 4.90 Å². The van der Waals surface area contributed by atoms with Gasteiger partial charge in [0.1, 0.15) is 0 Å². The van der Waals surface area contributed by atoms with Crippen molar-refractivity contribution < 1.29 is 18.0 Å². The molecule has 2 nitrogen and oxygen atoms in total. The molecule has 5 heteroatoms. The molecular weight excluding hydrogens is 303 g/mol. The number of anilines is 1. The minimum absolute atomic E-state index is 0.00774. The average molecular weight is 319 g/mol. The van der Waals surface area contributed by atoms with Crippen molar-refractivity contribution in [1.29, 1.82) is 0 Å². The van der Waals surface area contributed by atoms with E-state index in [0.29, 0.717) is 12.8 Å². The highest BCUT2D eigenvalue weighted by Gasteiger charge is 2.31. The summed E-state index contributed by atoms with van der Waals surface area (Å²) in [4.78, 5) is 13.8. The number of fused-ring (bicyclic) bond motifs is 1. The molecule has 1 amide bonds. The molecule has 1 heterocycles. The Bertz CT molecular complexity index is 722. The van der Waals surface area contributed by atoms with Gasteiger partial charge in [0.05, 0.1) is 5.56 Å². The summed E-state index contributed by atoms with van der Waals surface area (Å²) in [5, 5.41) is 0. The van der Waals surface area contributed by atoms with Gasteiger partial charge in [-0.1, -0.05) is 30.3 Å². The van der Waals surface area contributed by atoms with Crippen LogP contribution in [0.1, 0.15) is 29.0 Å². The Balaban J connectivity index is 1.86. The zero-order chi connectivity index (χ0) is 16.6. The van der Waals surface area contributed by atoms with Crippen LogP contribution in [0.3, 0.4) is 0 Å². The quantitative estimate of drug-likeness (QED) is 0.803. The smallest absolute Gasteiger partial charge is 0.315 e. The summed E-state index contributed by atoms with van der Waals surface area (Å²) in [6.45, 7) is 0. The van der Waals surface area contributed by atoms with Gasteiger partial charge in [-0.3, -0.25) is 4.79 Å². The third kappa shape index (κ3) is 3.09. The Hall–Kier alpha value is -2.30. The van der Waals surface area contributed by atoms with Gasteiger partial charge in [0.2, 0.25) is 5.91 Å². The number of alkyl halides is 3. The van der Waals surface area contributed by atoms with Crippen LogP contribution in [0.15, 0.2) is 48.5 Å². The van der Waals surface area contributed by atoms with Crippen molar-refractivity contribution >= 4 is 11.6 Å². The van der Waals surface area contributed by atoms with Gasteiger partial charge >= 0.3 is 6.18 Å². The molecular formula is C18H16F3NO. The minimum Gasteiger partial charge on any atom is -0.315 e. The maximum atomic E-state index is 12.6. The summed E-state index contributed by atoms with van der Waals surface area (Å²) in [5.74, 6) is 0.0206. The van der Waals surface area contributed by atoms with Gasteiger partial charge in [-0.15, -0.1) is 0 Å². The molecule has 1 atom stereocenters. The van der Waals surface area contributed by atoms with Crippen LogP contribution in [0.5, 0.6) is 0 Å². The largest absolute Gasteiger partial charge is 0.416 e. The van der Waals surface area contributed by atoms with Crippen LogP contribution in [0.4, 0.5) is 18.9 Å². The second-order valence-electron chi connectivity index (χ2n) is 5.81. The molecule has 0 spiro atoms. The Kier molecular flexibility index (Phi) is 3.88. The minimum atomic E-state index is -4.32. The van der Waals surface area contributed by atoms with Gasteiger partial charge in [-0.2, -0.15) is 13.2 Å². The van der Waals surface area contributed by atoms with Crippen LogP contribution in [-0.2, 0) is 17.4 Å². The van der Waals surface area contributed by atoms with E-state index >= 15 is 0 Å². The number of hydrogen-bond acceptors (Lipinski definition) is 1. The lowest BCUT2D eigenvalue weighted by Crippen LogP contribution is -2.33. The Morgan fingerprint density at radius 2 is 1.74 bits per heavy atom. The molecule has 0 aliphatic carbocycles. The summed E-state index contributed by atoms with van der Waals surface area (Å²) < 4.78 is 37.9. The van der Waals surface area contributed by atoms with Crippen molar-refractivity contribution in [3.8, 4) is 0 Å². The van der Waals surface area contributed by atoms with E-state index in [-0.39, 0.29) is 11.8 Å². The first-order chi connectivity index (χ1) is 10.9. The third-order valence-corrected chi connectivity index (χ3v) is 4.30. The molecule has 1 unspecified atom stereocenters. The lowest BCUT2D eigenvalue weighted by atomic mass is 9.85. The summed E-state index contributed by atoms with van der Waals surface area (Å²) >= 11 is 0. The zero-order valence-electron chi connectivity index (χ0n) is 12.6. The third-order valence-electron chi connectivity index (χ3n) is 4.30. The molecule has 0 saturated heterocycles. The molecule has 2 aromatic rings. The Morgan fingerprint density at radius 3 is 2.39 bits per heavy atom. The molecule has 23 heavy (non-hydrogen) atoms. The summed E-state index contributed by atoms with van der Waals surface area (Å²) in [6.07, 6.45) is -3.40. The van der Waals surface area contributed by atoms with Crippen molar-refractivity contribution in [2.45, 2.75) is 24.9 Å². The highest BCUT2D eigenvalue weighted by atomic mass is 19.4. The first kappa shape index (κ1) is 15.6. The highest BCUT2D eigenvalue weighted by Crippen LogP contribution is 2.37. The van der Waals surface area contributed by atoms with E-state index in [4.69, 9.17) is 0 Å². The molecule has 0 radical (unpaired) electrons. The summed E-state index contributed by atoms with van der Waals surface area (Å²) in [7, 11) is 1.75. The second kappa shape index (κ2) is 5.72. The standard InChI is InChI=1S/C18H16F3NO/c1-22-16-5-3-2-4-15(16)13(11-17(22)23)10-12-6-8-14(9-7-12)18(19,20)21/h2-9,13H,10-11H2,1H3. The van der Waals surface area contributed by atoms with Crippen molar-refractivity contribution in [1.82, 2.24) is 0 Å². The van der Waals surface area contributed by atoms with Crippen molar-refractivity contribution in [3.05, 3.63) is 65.2 Å². The Labute approximate surface area is 132 Å². The molecule has 1 aliphatic heterocycles. The van der Waals surface area contributed by atoms with Crippen LogP contribution in [0, 0.1) is 0 Å². The van der Waals surface area contributed by atoms with E-state index in [1.165, 1.54) is 12.1 Å². The number of benzene rings is 2. The molecule has 0 aromatic heterocycles. The number of para-hydroxylation sites is 1. The summed E-state index contributed by atoms with van der Waals surface area (Å²) in [6, 6.07) is 12.9. The molecule has 1 aliphatic rings. The van der Waals surface area contributed by atoms with E-state index in [1.54, 1.807) is 11.9 Å². The van der Waals surface area contributed by atoms with Crippen molar-refractivity contribution in [2.75, 3.05) is 11.9 Å². The SMILES string of the molecule is CN1C(=O)CC(Cc2ccc(C(F)(F)F)cc2)c2ccccc21. The zero-order valence-corrected chi connectivity index (χ0v) is 12.6. The molecule has 0 saturated carbocycles. The lowest BCUT2D eigenvalue weighted by molar-refractivity contribution is -0.137. The maximum absolute atomic E-state index is 12.6. The molecule has 3 rings (SSSR count). The molecule has 2 aromatic carbocycles. The van der Waals surface area contributed by atoms with Crippen LogP contribution >= 0.6 is 0 Å². The number of carbonyl (C=O) groups excluding carboxylic acids is 1. The van der Waals surface area contributed by atoms with Crippen LogP contribution in [0.25, 0.3) is 0 Å². The predicted octanol–water partition coefficient (Wildman–Crippen LogP) is 4.40. The Morgan fingerprint density at radius 1 is 1.09 bits per heavy atom. The van der Waals surface area contributed by atoms with Crippen LogP contribution < -0.4 is 4.90 Å². The van der Waals surface area contributed by atoms with Gasteiger partial charge in [-0.05, 0) is 41.7 Å². The fourth-order valence-electron chi connectivity index (χ4n) is 3.03. The van der Waals surface area contributed by atoms with Gasteiger partial charge in [0, 0.05) is 19.2 Å². The van der Waals surface area contributed by atoms with Crippen LogP contribution in [-0.4, -0.2) is 13.0 Å². The van der Waals surface area contributed by atoms with E-state index in [2.05, 4.69) is 0 Å². The predicted molar refractivity (Wildman–Crippen MR) is 82.4 cm³/mol. The maximum Gasteiger partial charge on any atom is 0.416 e. The molecule has 120 valence electrons.